The number of thioether (sulfide) groups is 1. The van der Waals surface area contributed by atoms with Gasteiger partial charge in [0, 0.05) is 17.0 Å². The van der Waals surface area contributed by atoms with E-state index >= 15 is 0 Å². The summed E-state index contributed by atoms with van der Waals surface area (Å²) in [7, 11) is 0. The molecule has 2 unspecified atom stereocenters. The van der Waals surface area contributed by atoms with Gasteiger partial charge >= 0.3 is 0 Å². The molecule has 0 aromatic heterocycles. The molecule has 2 bridgehead atoms. The first-order valence-electron chi connectivity index (χ1n) is 15.3. The molecule has 3 fully saturated rings. The molecule has 1 spiro atoms. The fraction of sp³-hybridized carbons (Fsp3) is 0.400. The number of nitrogens with zero attached hydrogens (tertiary/aromatic N) is 1. The normalized spacial score (nSPS) is 27.6. The van der Waals surface area contributed by atoms with Crippen LogP contribution in [0.2, 0.25) is 0 Å². The maximum absolute atomic E-state index is 14.6. The minimum Gasteiger partial charge on any atom is -0.494 e. The number of likely N-dealkylation sites (tertiary alicyclic amines) is 1. The van der Waals surface area contributed by atoms with Crippen LogP contribution in [-0.2, 0) is 27.3 Å². The van der Waals surface area contributed by atoms with E-state index in [9.17, 15) is 19.5 Å². The molecule has 6 rings (SSSR count). The first-order valence-corrected chi connectivity index (χ1v) is 16.1. The lowest BCUT2D eigenvalue weighted by Crippen LogP contribution is -2.56. The minimum atomic E-state index is -0.820. The number of amides is 3. The summed E-state index contributed by atoms with van der Waals surface area (Å²) < 4.78 is 4.25. The van der Waals surface area contributed by atoms with Crippen LogP contribution in [0.15, 0.2) is 84.9 Å². The maximum atomic E-state index is 14.6. The van der Waals surface area contributed by atoms with Crippen LogP contribution < -0.4 is 15.4 Å². The van der Waals surface area contributed by atoms with Crippen molar-refractivity contribution in [3.63, 3.8) is 0 Å². The van der Waals surface area contributed by atoms with Gasteiger partial charge in [0.25, 0.3) is 0 Å². The molecule has 8 nitrogen and oxygen atoms in total. The van der Waals surface area contributed by atoms with Gasteiger partial charge in [-0.15, -0.1) is 11.8 Å². The molecule has 3 amide bonds. The summed E-state index contributed by atoms with van der Waals surface area (Å²) in [6.07, 6.45) is 1.75. The Morgan fingerprint density at radius 3 is 2.27 bits per heavy atom. The van der Waals surface area contributed by atoms with Gasteiger partial charge in [-0.2, -0.15) is 0 Å². The number of benzene rings is 3. The molecule has 0 aliphatic carbocycles. The molecule has 230 valence electrons. The van der Waals surface area contributed by atoms with Gasteiger partial charge in [-0.05, 0) is 68.5 Å². The van der Waals surface area contributed by atoms with Gasteiger partial charge < -0.3 is 25.4 Å². The molecule has 44 heavy (non-hydrogen) atoms. The van der Waals surface area contributed by atoms with E-state index < -0.39 is 33.4 Å². The molecular weight excluding hydrogens is 574 g/mol. The minimum absolute atomic E-state index is 0.224. The van der Waals surface area contributed by atoms with Gasteiger partial charge in [-0.25, -0.2) is 0 Å². The van der Waals surface area contributed by atoms with Crippen molar-refractivity contribution >= 4 is 35.2 Å². The Morgan fingerprint density at radius 2 is 1.64 bits per heavy atom. The molecule has 3 aliphatic rings. The van der Waals surface area contributed by atoms with Crippen molar-refractivity contribution < 1.29 is 24.2 Å². The number of hydrogen-bond acceptors (Lipinski definition) is 6. The highest BCUT2D eigenvalue weighted by Gasteiger charge is 2.77. The fourth-order valence-corrected chi connectivity index (χ4v) is 9.84. The molecule has 3 aromatic carbocycles. The molecule has 6 atom stereocenters. The molecule has 3 N–H and O–H groups in total. The van der Waals surface area contributed by atoms with Crippen molar-refractivity contribution in [2.45, 2.75) is 61.2 Å². The summed E-state index contributed by atoms with van der Waals surface area (Å²) in [5.74, 6) is -1.32. The predicted molar refractivity (Wildman–Crippen MR) is 171 cm³/mol. The summed E-state index contributed by atoms with van der Waals surface area (Å²) in [6.45, 7) is 4.54. The summed E-state index contributed by atoms with van der Waals surface area (Å²) in [5.41, 5.74) is 2.54. The number of carbonyl (C=O) groups excluding carboxylic acids is 3. The zero-order valence-electron chi connectivity index (χ0n) is 25.1. The lowest BCUT2D eigenvalue weighted by atomic mass is 9.66. The topological polar surface area (TPSA) is 108 Å². The second-order valence-electron chi connectivity index (χ2n) is 12.1. The van der Waals surface area contributed by atoms with E-state index in [0.29, 0.717) is 43.9 Å². The van der Waals surface area contributed by atoms with Crippen LogP contribution in [0.1, 0.15) is 37.8 Å². The van der Waals surface area contributed by atoms with Crippen LogP contribution in [0.4, 0.5) is 5.69 Å². The Bertz CT molecular complexity index is 1500. The quantitative estimate of drug-likeness (QED) is 0.296. The first-order chi connectivity index (χ1) is 21.3. The average Bonchev–Trinajstić information content (AvgIpc) is 3.61. The highest BCUT2D eigenvalue weighted by molar-refractivity contribution is 8.02. The number of aliphatic hydroxyl groups excluding tert-OH is 1. The van der Waals surface area contributed by atoms with Crippen molar-refractivity contribution in [2.24, 2.45) is 11.8 Å². The molecule has 0 saturated carbocycles. The SMILES string of the molecule is CCOc1ccc(NC(=O)[C@H]2[C@H]3C(=O)N([C@@H](CO)Cc4ccccc4)C(C(=O)NCc4ccccc4)C34CC[C@]2(C)S4)cc1. The van der Waals surface area contributed by atoms with Crippen LogP contribution in [0.25, 0.3) is 0 Å². The third kappa shape index (κ3) is 5.37. The Morgan fingerprint density at radius 1 is 0.977 bits per heavy atom. The molecule has 3 aliphatic heterocycles. The predicted octanol–water partition coefficient (Wildman–Crippen LogP) is 4.43. The Balaban J connectivity index is 1.33. The van der Waals surface area contributed by atoms with Crippen molar-refractivity contribution in [2.75, 3.05) is 18.5 Å². The number of fused-ring (bicyclic) bond motifs is 1. The van der Waals surface area contributed by atoms with Gasteiger partial charge in [0.05, 0.1) is 35.8 Å². The number of nitrogens with one attached hydrogen (secondary N) is 2. The second kappa shape index (κ2) is 12.3. The fourth-order valence-electron chi connectivity index (χ4n) is 7.50. The standard InChI is InChI=1S/C35H39N3O5S/c1-3-43-27-16-14-25(15-17-27)37-31(40)28-29-33(42)38(26(22-39)20-23-10-6-4-7-11-23)30(35(29)19-18-34(28,2)44-35)32(41)36-21-24-12-8-5-9-13-24/h4-17,26,28-30,39H,3,18-22H2,1-2H3,(H,36,41)(H,37,40)/t26-,28-,29+,30?,34+,35?/m1/s1. The van der Waals surface area contributed by atoms with Gasteiger partial charge in [0.15, 0.2) is 0 Å². The Hall–Kier alpha value is -3.82. The van der Waals surface area contributed by atoms with Gasteiger partial charge in [0.2, 0.25) is 17.7 Å². The van der Waals surface area contributed by atoms with Gasteiger partial charge in [0.1, 0.15) is 11.8 Å². The summed E-state index contributed by atoms with van der Waals surface area (Å²) in [5, 5.41) is 16.8. The van der Waals surface area contributed by atoms with Crippen LogP contribution in [0.3, 0.4) is 0 Å². The smallest absolute Gasteiger partial charge is 0.244 e. The van der Waals surface area contributed by atoms with E-state index in [2.05, 4.69) is 17.6 Å². The summed E-state index contributed by atoms with van der Waals surface area (Å²) in [4.78, 5) is 44.5. The van der Waals surface area contributed by atoms with E-state index in [1.54, 1.807) is 28.8 Å². The molecular formula is C35H39N3O5S. The zero-order chi connectivity index (χ0) is 30.9. The lowest BCUT2D eigenvalue weighted by Gasteiger charge is -2.37. The maximum Gasteiger partial charge on any atom is 0.244 e. The van der Waals surface area contributed by atoms with Gasteiger partial charge in [-0.1, -0.05) is 60.7 Å². The number of aliphatic hydroxyl groups is 1. The summed E-state index contributed by atoms with van der Waals surface area (Å²) in [6, 6.07) is 25.1. The number of ether oxygens (including phenoxy) is 1. The molecule has 3 aromatic rings. The first kappa shape index (κ1) is 30.2. The molecule has 3 saturated heterocycles. The van der Waals surface area contributed by atoms with E-state index in [1.807, 2.05) is 79.7 Å². The van der Waals surface area contributed by atoms with Crippen LogP contribution in [0.5, 0.6) is 5.75 Å². The van der Waals surface area contributed by atoms with Crippen molar-refractivity contribution in [1.82, 2.24) is 10.2 Å². The van der Waals surface area contributed by atoms with Crippen molar-refractivity contribution in [1.29, 1.82) is 0 Å². The molecule has 0 radical (unpaired) electrons. The highest BCUT2D eigenvalue weighted by Crippen LogP contribution is 2.71. The van der Waals surface area contributed by atoms with E-state index in [4.69, 9.17) is 4.74 Å². The van der Waals surface area contributed by atoms with E-state index in [1.165, 1.54) is 0 Å². The average molecular weight is 614 g/mol. The third-order valence-corrected chi connectivity index (χ3v) is 11.4. The molecule has 3 heterocycles. The third-order valence-electron chi connectivity index (χ3n) is 9.41. The Kier molecular flexibility index (Phi) is 8.44. The second-order valence-corrected chi connectivity index (χ2v) is 14.0. The number of carbonyl (C=O) groups is 3. The van der Waals surface area contributed by atoms with E-state index in [0.717, 1.165) is 11.1 Å². The molecule has 9 heteroatoms. The van der Waals surface area contributed by atoms with Crippen LogP contribution >= 0.6 is 11.8 Å². The monoisotopic (exact) mass is 613 g/mol. The highest BCUT2D eigenvalue weighted by atomic mass is 32.2. The van der Waals surface area contributed by atoms with Crippen LogP contribution in [-0.4, -0.2) is 62.5 Å². The lowest BCUT2D eigenvalue weighted by molar-refractivity contribution is -0.142. The number of rotatable bonds is 11. The van der Waals surface area contributed by atoms with Gasteiger partial charge in [-0.3, -0.25) is 14.4 Å². The number of hydrogen-bond donors (Lipinski definition) is 3. The Labute approximate surface area is 262 Å². The zero-order valence-corrected chi connectivity index (χ0v) is 25.9. The largest absolute Gasteiger partial charge is 0.494 e. The number of anilines is 1. The van der Waals surface area contributed by atoms with Crippen molar-refractivity contribution in [3.05, 3.63) is 96.1 Å². The van der Waals surface area contributed by atoms with Crippen molar-refractivity contribution in [3.8, 4) is 5.75 Å². The van der Waals surface area contributed by atoms with Crippen LogP contribution in [0, 0.1) is 11.8 Å². The van der Waals surface area contributed by atoms with E-state index in [-0.39, 0.29) is 24.3 Å². The summed E-state index contributed by atoms with van der Waals surface area (Å²) >= 11 is 1.62.